The van der Waals surface area contributed by atoms with Gasteiger partial charge in [-0.05, 0) is 12.1 Å². The molecule has 23 heavy (non-hydrogen) atoms. The quantitative estimate of drug-likeness (QED) is 0.360. The van der Waals surface area contributed by atoms with E-state index in [0.29, 0.717) is 0 Å². The predicted octanol–water partition coefficient (Wildman–Crippen LogP) is 2.94. The van der Waals surface area contributed by atoms with E-state index in [1.54, 1.807) is 0 Å². The number of esters is 2. The topological polar surface area (TPSA) is 61.8 Å². The lowest BCUT2D eigenvalue weighted by atomic mass is 10.1. The zero-order valence-corrected chi connectivity index (χ0v) is 11.9. The molecule has 2 rings (SSSR count). The van der Waals surface area contributed by atoms with Crippen LogP contribution in [0.1, 0.15) is 19.4 Å². The second kappa shape index (κ2) is 5.56. The van der Waals surface area contributed by atoms with E-state index in [1.165, 1.54) is 13.8 Å². The molecule has 1 heterocycles. The lowest BCUT2D eigenvalue weighted by Gasteiger charge is -2.29. The second-order valence-electron chi connectivity index (χ2n) is 4.94. The van der Waals surface area contributed by atoms with Gasteiger partial charge in [0.25, 0.3) is 5.79 Å². The zero-order valence-electron chi connectivity index (χ0n) is 11.9. The van der Waals surface area contributed by atoms with E-state index in [2.05, 4.69) is 4.74 Å². The maximum Gasteiger partial charge on any atom is 0.573 e. The molecule has 0 amide bonds. The molecule has 0 radical (unpaired) electrons. The first-order valence-electron chi connectivity index (χ1n) is 6.21. The summed E-state index contributed by atoms with van der Waals surface area (Å²) in [5, 5.41) is 0. The highest BCUT2D eigenvalue weighted by atomic mass is 19.4. The smallest absolute Gasteiger partial charge is 0.419 e. The Morgan fingerprint density at radius 2 is 1.70 bits per heavy atom. The van der Waals surface area contributed by atoms with E-state index in [0.717, 1.165) is 24.3 Å². The number of benzene rings is 1. The van der Waals surface area contributed by atoms with Gasteiger partial charge in [0.15, 0.2) is 11.6 Å². The maximum atomic E-state index is 14.0. The van der Waals surface area contributed by atoms with Crippen LogP contribution in [0.4, 0.5) is 17.6 Å². The summed E-state index contributed by atoms with van der Waals surface area (Å²) < 4.78 is 63.6. The van der Waals surface area contributed by atoms with E-state index in [4.69, 9.17) is 9.47 Å². The van der Waals surface area contributed by atoms with Crippen molar-refractivity contribution in [2.75, 3.05) is 0 Å². The largest absolute Gasteiger partial charge is 0.573 e. The fourth-order valence-electron chi connectivity index (χ4n) is 1.78. The van der Waals surface area contributed by atoms with E-state index in [9.17, 15) is 27.2 Å². The van der Waals surface area contributed by atoms with Crippen molar-refractivity contribution in [1.29, 1.82) is 0 Å². The molecule has 0 N–H and O–H groups in total. The van der Waals surface area contributed by atoms with Gasteiger partial charge in [-0.2, -0.15) is 0 Å². The van der Waals surface area contributed by atoms with E-state index in [-0.39, 0.29) is 0 Å². The summed E-state index contributed by atoms with van der Waals surface area (Å²) in [7, 11) is 0. The van der Waals surface area contributed by atoms with E-state index in [1.807, 2.05) is 0 Å². The normalized spacial score (nSPS) is 17.4. The van der Waals surface area contributed by atoms with Crippen LogP contribution in [0.2, 0.25) is 0 Å². The molecule has 1 aliphatic rings. The van der Waals surface area contributed by atoms with Gasteiger partial charge in [-0.3, -0.25) is 0 Å². The fourth-order valence-corrected chi connectivity index (χ4v) is 1.78. The molecule has 0 bridgehead atoms. The average molecular weight is 334 g/mol. The summed E-state index contributed by atoms with van der Waals surface area (Å²) in [5.74, 6) is -6.11. The van der Waals surface area contributed by atoms with Crippen LogP contribution < -0.4 is 4.74 Å². The molecule has 0 unspecified atom stereocenters. The Bertz CT molecular complexity index is 669. The van der Waals surface area contributed by atoms with Crippen molar-refractivity contribution in [3.05, 3.63) is 35.2 Å². The van der Waals surface area contributed by atoms with Crippen LogP contribution in [0.15, 0.2) is 23.8 Å². The summed E-state index contributed by atoms with van der Waals surface area (Å²) >= 11 is 0. The molecule has 1 aromatic rings. The summed E-state index contributed by atoms with van der Waals surface area (Å²) in [6.45, 7) is 2.63. The predicted molar refractivity (Wildman–Crippen MR) is 67.3 cm³/mol. The molecule has 9 heteroatoms. The Hall–Kier alpha value is -2.58. The van der Waals surface area contributed by atoms with Crippen LogP contribution >= 0.6 is 0 Å². The Kier molecular flexibility index (Phi) is 4.06. The Labute approximate surface area is 127 Å². The van der Waals surface area contributed by atoms with Crippen LogP contribution in [0, 0.1) is 5.82 Å². The lowest BCUT2D eigenvalue weighted by Crippen LogP contribution is -2.41. The highest BCUT2D eigenvalue weighted by Gasteiger charge is 2.39. The third-order valence-corrected chi connectivity index (χ3v) is 2.64. The minimum Gasteiger partial charge on any atom is -0.419 e. The van der Waals surface area contributed by atoms with Gasteiger partial charge >= 0.3 is 18.3 Å². The summed E-state index contributed by atoms with van der Waals surface area (Å²) in [6.07, 6.45) is -4.35. The molecule has 0 aromatic heterocycles. The van der Waals surface area contributed by atoms with Gasteiger partial charge in [-0.15, -0.1) is 13.2 Å². The first-order valence-corrected chi connectivity index (χ1v) is 6.21. The van der Waals surface area contributed by atoms with Crippen LogP contribution in [0.25, 0.3) is 6.08 Å². The molecule has 5 nitrogen and oxygen atoms in total. The van der Waals surface area contributed by atoms with Gasteiger partial charge in [0, 0.05) is 19.4 Å². The van der Waals surface area contributed by atoms with Gasteiger partial charge in [-0.1, -0.05) is 12.1 Å². The molecule has 124 valence electrons. The maximum absolute atomic E-state index is 14.0. The molecule has 0 atom stereocenters. The average Bonchev–Trinajstić information content (AvgIpc) is 2.35. The van der Waals surface area contributed by atoms with Gasteiger partial charge in [0.05, 0.1) is 0 Å². The number of carbonyl (C=O) groups is 2. The van der Waals surface area contributed by atoms with Gasteiger partial charge in [0.1, 0.15) is 5.57 Å². The minimum atomic E-state index is -5.08. The molecule has 1 fully saturated rings. The van der Waals surface area contributed by atoms with Crippen LogP contribution in [0.3, 0.4) is 0 Å². The summed E-state index contributed by atoms with van der Waals surface area (Å²) in [4.78, 5) is 23.4. The van der Waals surface area contributed by atoms with Crippen LogP contribution in [-0.4, -0.2) is 24.1 Å². The third kappa shape index (κ3) is 3.99. The van der Waals surface area contributed by atoms with Gasteiger partial charge < -0.3 is 14.2 Å². The van der Waals surface area contributed by atoms with Crippen molar-refractivity contribution in [1.82, 2.24) is 0 Å². The van der Waals surface area contributed by atoms with Gasteiger partial charge in [-0.25, -0.2) is 14.0 Å². The molecular weight excluding hydrogens is 324 g/mol. The number of ether oxygens (including phenoxy) is 3. The molecular formula is C14H10F4O5. The molecule has 1 aromatic carbocycles. The molecule has 0 spiro atoms. The van der Waals surface area contributed by atoms with Gasteiger partial charge in [0.2, 0.25) is 0 Å². The molecule has 0 aliphatic carbocycles. The minimum absolute atomic E-state index is 0.463. The zero-order chi connectivity index (χ0) is 17.4. The van der Waals surface area contributed by atoms with Crippen molar-refractivity contribution in [3.8, 4) is 5.75 Å². The van der Waals surface area contributed by atoms with E-state index < -0.39 is 46.8 Å². The standard InChI is InChI=1S/C14H10F4O5/c1-13(2)22-11(19)8(12(20)23-13)6-7-4-3-5-9(10(7)15)21-14(16,17)18/h3-6H,1-2H3. The number of hydrogen-bond acceptors (Lipinski definition) is 5. The number of alkyl halides is 3. The Morgan fingerprint density at radius 3 is 2.22 bits per heavy atom. The number of halogens is 4. The highest BCUT2D eigenvalue weighted by molar-refractivity contribution is 6.18. The Morgan fingerprint density at radius 1 is 1.13 bits per heavy atom. The number of cyclic esters (lactones) is 2. The number of hydrogen-bond donors (Lipinski definition) is 0. The molecule has 1 aliphatic heterocycles. The van der Waals surface area contributed by atoms with Crippen LogP contribution in [-0.2, 0) is 19.1 Å². The number of rotatable bonds is 2. The van der Waals surface area contributed by atoms with Crippen molar-refractivity contribution in [2.24, 2.45) is 0 Å². The second-order valence-corrected chi connectivity index (χ2v) is 4.94. The first kappa shape index (κ1) is 16.8. The van der Waals surface area contributed by atoms with Crippen molar-refractivity contribution in [3.63, 3.8) is 0 Å². The lowest BCUT2D eigenvalue weighted by molar-refractivity contribution is -0.275. The third-order valence-electron chi connectivity index (χ3n) is 2.64. The van der Waals surface area contributed by atoms with Crippen molar-refractivity contribution < 1.29 is 41.4 Å². The first-order chi connectivity index (χ1) is 10.5. The van der Waals surface area contributed by atoms with Crippen molar-refractivity contribution in [2.45, 2.75) is 26.0 Å². The SMILES string of the molecule is CC1(C)OC(=O)C(=Cc2cccc(OC(F)(F)F)c2F)C(=O)O1. The van der Waals surface area contributed by atoms with Crippen molar-refractivity contribution >= 4 is 18.0 Å². The fraction of sp³-hybridized carbons (Fsp3) is 0.286. The van der Waals surface area contributed by atoms with Crippen LogP contribution in [0.5, 0.6) is 5.75 Å². The molecule has 1 saturated heterocycles. The number of carbonyl (C=O) groups excluding carboxylic acids is 2. The monoisotopic (exact) mass is 334 g/mol. The summed E-state index contributed by atoms with van der Waals surface area (Å²) in [5.41, 5.74) is -1.11. The summed E-state index contributed by atoms with van der Waals surface area (Å²) in [6, 6.07) is 2.89. The molecule has 0 saturated carbocycles. The van der Waals surface area contributed by atoms with E-state index >= 15 is 0 Å². The highest BCUT2D eigenvalue weighted by Crippen LogP contribution is 2.30. The Balaban J connectivity index is 2.38.